The number of halogens is 1. The highest BCUT2D eigenvalue weighted by atomic mass is 32.2. The Kier molecular flexibility index (Phi) is 3.73. The second kappa shape index (κ2) is 5.44. The van der Waals surface area contributed by atoms with Crippen molar-refractivity contribution in [1.82, 2.24) is 14.4 Å². The Morgan fingerprint density at radius 1 is 1.36 bits per heavy atom. The van der Waals surface area contributed by atoms with Gasteiger partial charge in [0.1, 0.15) is 10.7 Å². The number of hydrogen-bond donors (Lipinski definition) is 0. The van der Waals surface area contributed by atoms with E-state index in [4.69, 9.17) is 4.52 Å². The molecule has 0 bridgehead atoms. The van der Waals surface area contributed by atoms with Crippen LogP contribution in [0.5, 0.6) is 0 Å². The van der Waals surface area contributed by atoms with Crippen LogP contribution in [0.2, 0.25) is 0 Å². The van der Waals surface area contributed by atoms with Crippen LogP contribution >= 0.6 is 0 Å². The molecule has 1 aromatic heterocycles. The first-order valence-electron chi connectivity index (χ1n) is 6.94. The molecule has 22 heavy (non-hydrogen) atoms. The van der Waals surface area contributed by atoms with Crippen molar-refractivity contribution >= 4 is 10.0 Å². The molecule has 1 aliphatic heterocycles. The largest absolute Gasteiger partial charge is 0.339 e. The van der Waals surface area contributed by atoms with Crippen LogP contribution in [0.25, 0.3) is 0 Å². The summed E-state index contributed by atoms with van der Waals surface area (Å²) in [7, 11) is -3.85. The highest BCUT2D eigenvalue weighted by molar-refractivity contribution is 7.89. The summed E-state index contributed by atoms with van der Waals surface area (Å²) < 4.78 is 45.5. The first-order chi connectivity index (χ1) is 10.4. The summed E-state index contributed by atoms with van der Waals surface area (Å²) in [6, 6.07) is 4.12. The summed E-state index contributed by atoms with van der Waals surface area (Å²) in [4.78, 5) is 3.85. The van der Waals surface area contributed by atoms with Gasteiger partial charge in [-0.3, -0.25) is 0 Å². The molecule has 1 aliphatic rings. The molecule has 1 fully saturated rings. The molecule has 0 amide bonds. The van der Waals surface area contributed by atoms with Crippen molar-refractivity contribution in [3.05, 3.63) is 41.3 Å². The average molecular weight is 325 g/mol. The average Bonchev–Trinajstić information content (AvgIpc) is 3.06. The predicted molar refractivity (Wildman–Crippen MR) is 76.3 cm³/mol. The van der Waals surface area contributed by atoms with Gasteiger partial charge in [0, 0.05) is 13.1 Å². The van der Waals surface area contributed by atoms with Gasteiger partial charge >= 0.3 is 0 Å². The van der Waals surface area contributed by atoms with Crippen molar-refractivity contribution in [2.24, 2.45) is 0 Å². The monoisotopic (exact) mass is 325 g/mol. The molecule has 0 saturated carbocycles. The summed E-state index contributed by atoms with van der Waals surface area (Å²) >= 11 is 0. The summed E-state index contributed by atoms with van der Waals surface area (Å²) in [6.07, 6.45) is 0.578. The SMILES string of the molecule is Cc1ccc(S(=O)(=O)N2CC[C@H](c3nc(C)no3)C2)c(F)c1. The Bertz CT molecular complexity index is 803. The fourth-order valence-corrected chi connectivity index (χ4v) is 4.13. The standard InChI is InChI=1S/C14H16FN3O3S/c1-9-3-4-13(12(15)7-9)22(19,20)18-6-5-11(8-18)14-16-10(2)17-21-14/h3-4,7,11H,5-6,8H2,1-2H3/t11-/m0/s1. The third-order valence-corrected chi connectivity index (χ3v) is 5.65. The van der Waals surface area contributed by atoms with E-state index < -0.39 is 15.8 Å². The van der Waals surface area contributed by atoms with Crippen molar-refractivity contribution < 1.29 is 17.3 Å². The van der Waals surface area contributed by atoms with Crippen LogP contribution in [0, 0.1) is 19.7 Å². The van der Waals surface area contributed by atoms with E-state index in [2.05, 4.69) is 10.1 Å². The molecule has 0 radical (unpaired) electrons. The lowest BCUT2D eigenvalue weighted by atomic mass is 10.1. The molecule has 0 unspecified atom stereocenters. The van der Waals surface area contributed by atoms with Gasteiger partial charge in [0.25, 0.3) is 0 Å². The Hall–Kier alpha value is -1.80. The summed E-state index contributed by atoms with van der Waals surface area (Å²) in [5.74, 6) is 0.0713. The molecule has 2 heterocycles. The van der Waals surface area contributed by atoms with Gasteiger partial charge in [0.15, 0.2) is 5.82 Å². The van der Waals surface area contributed by atoms with Crippen LogP contribution in [-0.2, 0) is 10.0 Å². The topological polar surface area (TPSA) is 76.3 Å². The number of aromatic nitrogens is 2. The highest BCUT2D eigenvalue weighted by Crippen LogP contribution is 2.31. The third kappa shape index (κ3) is 2.64. The molecular formula is C14H16FN3O3S. The van der Waals surface area contributed by atoms with Crippen LogP contribution in [-0.4, -0.2) is 36.0 Å². The van der Waals surface area contributed by atoms with Crippen LogP contribution in [0.1, 0.15) is 29.6 Å². The van der Waals surface area contributed by atoms with Gasteiger partial charge in [-0.25, -0.2) is 12.8 Å². The zero-order chi connectivity index (χ0) is 15.9. The lowest BCUT2D eigenvalue weighted by molar-refractivity contribution is 0.351. The van der Waals surface area contributed by atoms with Gasteiger partial charge in [0.2, 0.25) is 15.9 Å². The molecule has 1 saturated heterocycles. The van der Waals surface area contributed by atoms with E-state index in [0.29, 0.717) is 30.2 Å². The quantitative estimate of drug-likeness (QED) is 0.863. The lowest BCUT2D eigenvalue weighted by Crippen LogP contribution is -2.29. The van der Waals surface area contributed by atoms with Crippen molar-refractivity contribution in [2.45, 2.75) is 31.1 Å². The maximum atomic E-state index is 14.0. The van der Waals surface area contributed by atoms with Crippen molar-refractivity contribution in [3.8, 4) is 0 Å². The first-order valence-corrected chi connectivity index (χ1v) is 8.38. The number of benzene rings is 1. The smallest absolute Gasteiger partial charge is 0.246 e. The normalized spacial score (nSPS) is 19.7. The second-order valence-electron chi connectivity index (χ2n) is 5.46. The molecule has 1 atom stereocenters. The van der Waals surface area contributed by atoms with Crippen LogP contribution < -0.4 is 0 Å². The fourth-order valence-electron chi connectivity index (χ4n) is 2.58. The number of sulfonamides is 1. The third-order valence-electron chi connectivity index (χ3n) is 3.75. The highest BCUT2D eigenvalue weighted by Gasteiger charge is 2.36. The van der Waals surface area contributed by atoms with Gasteiger partial charge < -0.3 is 4.52 Å². The van der Waals surface area contributed by atoms with Gasteiger partial charge in [-0.1, -0.05) is 11.2 Å². The van der Waals surface area contributed by atoms with E-state index in [1.54, 1.807) is 19.9 Å². The van der Waals surface area contributed by atoms with Gasteiger partial charge in [0.05, 0.1) is 5.92 Å². The van der Waals surface area contributed by atoms with E-state index in [1.807, 2.05) is 0 Å². The van der Waals surface area contributed by atoms with Gasteiger partial charge in [-0.15, -0.1) is 0 Å². The Morgan fingerprint density at radius 3 is 2.77 bits per heavy atom. The van der Waals surface area contributed by atoms with Crippen molar-refractivity contribution in [3.63, 3.8) is 0 Å². The van der Waals surface area contributed by atoms with Crippen LogP contribution in [0.15, 0.2) is 27.6 Å². The predicted octanol–water partition coefficient (Wildman–Crippen LogP) is 2.00. The molecule has 3 rings (SSSR count). The number of aryl methyl sites for hydroxylation is 2. The molecule has 0 spiro atoms. The molecule has 1 aromatic carbocycles. The molecule has 6 nitrogen and oxygen atoms in total. The van der Waals surface area contributed by atoms with E-state index in [-0.39, 0.29) is 17.4 Å². The summed E-state index contributed by atoms with van der Waals surface area (Å²) in [6.45, 7) is 3.94. The minimum Gasteiger partial charge on any atom is -0.339 e. The van der Waals surface area contributed by atoms with Crippen LogP contribution in [0.3, 0.4) is 0 Å². The molecule has 118 valence electrons. The maximum absolute atomic E-state index is 14.0. The van der Waals surface area contributed by atoms with E-state index in [9.17, 15) is 12.8 Å². The summed E-state index contributed by atoms with van der Waals surface area (Å²) in [5, 5.41) is 3.72. The van der Waals surface area contributed by atoms with Crippen LogP contribution in [0.4, 0.5) is 4.39 Å². The Morgan fingerprint density at radius 2 is 2.14 bits per heavy atom. The van der Waals surface area contributed by atoms with Crippen molar-refractivity contribution in [1.29, 1.82) is 0 Å². The second-order valence-corrected chi connectivity index (χ2v) is 7.37. The zero-order valence-corrected chi connectivity index (χ0v) is 13.1. The Labute approximate surface area is 128 Å². The fraction of sp³-hybridized carbons (Fsp3) is 0.429. The summed E-state index contributed by atoms with van der Waals surface area (Å²) in [5.41, 5.74) is 0.678. The number of nitrogens with zero attached hydrogens (tertiary/aromatic N) is 3. The molecule has 0 N–H and O–H groups in total. The molecular weight excluding hydrogens is 309 g/mol. The minimum atomic E-state index is -3.85. The molecule has 8 heteroatoms. The van der Waals surface area contributed by atoms with E-state index in [0.717, 1.165) is 0 Å². The van der Waals surface area contributed by atoms with E-state index >= 15 is 0 Å². The first kappa shape index (κ1) is 15.1. The Balaban J connectivity index is 1.85. The lowest BCUT2D eigenvalue weighted by Gasteiger charge is -2.16. The minimum absolute atomic E-state index is 0.149. The number of hydrogen-bond acceptors (Lipinski definition) is 5. The van der Waals surface area contributed by atoms with E-state index in [1.165, 1.54) is 16.4 Å². The molecule has 0 aliphatic carbocycles. The number of rotatable bonds is 3. The van der Waals surface area contributed by atoms with Crippen molar-refractivity contribution in [2.75, 3.05) is 13.1 Å². The maximum Gasteiger partial charge on any atom is 0.246 e. The molecule has 2 aromatic rings. The zero-order valence-electron chi connectivity index (χ0n) is 12.3. The van der Waals surface area contributed by atoms with Gasteiger partial charge in [-0.05, 0) is 38.0 Å². The van der Waals surface area contributed by atoms with Gasteiger partial charge in [-0.2, -0.15) is 9.29 Å².